The minimum Gasteiger partial charge on any atom is -0.479 e. The zero-order chi connectivity index (χ0) is 12.1. The van der Waals surface area contributed by atoms with Crippen molar-refractivity contribution in [1.82, 2.24) is 5.32 Å². The van der Waals surface area contributed by atoms with E-state index >= 15 is 0 Å². The van der Waals surface area contributed by atoms with Crippen LogP contribution in [-0.4, -0.2) is 28.9 Å². The van der Waals surface area contributed by atoms with Crippen molar-refractivity contribution >= 4 is 11.9 Å². The number of carboxylic acids is 1. The minimum absolute atomic E-state index is 0.378. The number of nitrogens with zero attached hydrogens (tertiary/aromatic N) is 1. The Labute approximate surface area is 84.7 Å². The van der Waals surface area contributed by atoms with Crippen LogP contribution in [-0.2, 0) is 9.59 Å². The van der Waals surface area contributed by atoms with Gasteiger partial charge in [-0.25, -0.2) is 13.6 Å². The Kier molecular flexibility index (Phi) is 4.64. The van der Waals surface area contributed by atoms with Crippen molar-refractivity contribution in [3.8, 4) is 6.07 Å². The van der Waals surface area contributed by atoms with Gasteiger partial charge in [0.05, 0.1) is 6.07 Å². The van der Waals surface area contributed by atoms with E-state index in [4.69, 9.17) is 10.4 Å². The van der Waals surface area contributed by atoms with Crippen LogP contribution < -0.4 is 5.32 Å². The highest BCUT2D eigenvalue weighted by atomic mass is 19.3. The number of hydrogen-bond donors (Lipinski definition) is 2. The second-order valence-electron chi connectivity index (χ2n) is 2.92. The van der Waals surface area contributed by atoms with Crippen molar-refractivity contribution in [3.63, 3.8) is 0 Å². The standard InChI is InChI=1S/C8H10F2N2O3/c1-5(13)12-8(6(9)10,7(14)15)3-2-4-11/h6H,2-3H2,1H3,(H,12,13)(H,14,15). The molecule has 1 atom stereocenters. The first-order chi connectivity index (χ1) is 6.86. The van der Waals surface area contributed by atoms with Gasteiger partial charge in [0.2, 0.25) is 5.91 Å². The van der Waals surface area contributed by atoms with E-state index in [2.05, 4.69) is 0 Å². The van der Waals surface area contributed by atoms with E-state index in [-0.39, 0.29) is 6.42 Å². The van der Waals surface area contributed by atoms with Gasteiger partial charge >= 0.3 is 5.97 Å². The number of alkyl halides is 2. The number of halogens is 2. The SMILES string of the molecule is CC(=O)NC(CCC#N)(C(=O)O)C(F)F. The first-order valence-electron chi connectivity index (χ1n) is 4.04. The molecule has 15 heavy (non-hydrogen) atoms. The Bertz CT molecular complexity index is 301. The van der Waals surface area contributed by atoms with E-state index in [1.165, 1.54) is 0 Å². The average Bonchev–Trinajstić information content (AvgIpc) is 2.10. The fourth-order valence-electron chi connectivity index (χ4n) is 1.05. The lowest BCUT2D eigenvalue weighted by Gasteiger charge is -2.28. The summed E-state index contributed by atoms with van der Waals surface area (Å²) in [5.74, 6) is -2.72. The Balaban J connectivity index is 5.00. The molecule has 0 fully saturated rings. The molecule has 0 bridgehead atoms. The van der Waals surface area contributed by atoms with E-state index in [0.717, 1.165) is 6.92 Å². The lowest BCUT2D eigenvalue weighted by Crippen LogP contribution is -2.59. The predicted molar refractivity (Wildman–Crippen MR) is 45.0 cm³/mol. The second kappa shape index (κ2) is 5.24. The van der Waals surface area contributed by atoms with Crippen LogP contribution in [0.2, 0.25) is 0 Å². The summed E-state index contributed by atoms with van der Waals surface area (Å²) in [4.78, 5) is 21.3. The molecule has 5 nitrogen and oxygen atoms in total. The lowest BCUT2D eigenvalue weighted by molar-refractivity contribution is -0.155. The summed E-state index contributed by atoms with van der Waals surface area (Å²) < 4.78 is 25.2. The highest BCUT2D eigenvalue weighted by Gasteiger charge is 2.48. The summed E-state index contributed by atoms with van der Waals surface area (Å²) in [7, 11) is 0. The first-order valence-corrected chi connectivity index (χ1v) is 4.04. The smallest absolute Gasteiger partial charge is 0.335 e. The van der Waals surface area contributed by atoms with Crippen LogP contribution in [0.25, 0.3) is 0 Å². The highest BCUT2D eigenvalue weighted by molar-refractivity contribution is 5.86. The molecule has 7 heteroatoms. The molecule has 2 N–H and O–H groups in total. The maximum Gasteiger partial charge on any atom is 0.335 e. The van der Waals surface area contributed by atoms with Gasteiger partial charge in [0.25, 0.3) is 6.43 Å². The number of carboxylic acid groups (broad SMARTS) is 1. The summed E-state index contributed by atoms with van der Waals surface area (Å²) in [6, 6.07) is 1.56. The number of carbonyl (C=O) groups excluding carboxylic acids is 1. The fourth-order valence-corrected chi connectivity index (χ4v) is 1.05. The van der Waals surface area contributed by atoms with Crippen LogP contribution in [0.1, 0.15) is 19.8 Å². The van der Waals surface area contributed by atoms with E-state index in [1.807, 2.05) is 0 Å². The number of amides is 1. The molecule has 0 rings (SSSR count). The van der Waals surface area contributed by atoms with Gasteiger partial charge < -0.3 is 10.4 Å². The summed E-state index contributed by atoms with van der Waals surface area (Å²) in [6.45, 7) is 0.937. The van der Waals surface area contributed by atoms with Crippen LogP contribution in [0.3, 0.4) is 0 Å². The molecule has 1 unspecified atom stereocenters. The molecular weight excluding hydrogens is 210 g/mol. The molecule has 0 spiro atoms. The quantitative estimate of drug-likeness (QED) is 0.706. The van der Waals surface area contributed by atoms with Gasteiger partial charge in [-0.05, 0) is 6.42 Å². The molecule has 0 aromatic heterocycles. The maximum atomic E-state index is 12.6. The van der Waals surface area contributed by atoms with E-state index in [1.54, 1.807) is 11.4 Å². The van der Waals surface area contributed by atoms with Gasteiger partial charge in [-0.2, -0.15) is 5.26 Å². The van der Waals surface area contributed by atoms with Gasteiger partial charge in [0.15, 0.2) is 5.54 Å². The van der Waals surface area contributed by atoms with Crippen LogP contribution >= 0.6 is 0 Å². The number of rotatable bonds is 5. The zero-order valence-corrected chi connectivity index (χ0v) is 7.96. The number of carbonyl (C=O) groups is 2. The summed E-state index contributed by atoms with van der Waals surface area (Å²) >= 11 is 0. The van der Waals surface area contributed by atoms with Gasteiger partial charge in [-0.1, -0.05) is 0 Å². The molecule has 0 radical (unpaired) electrons. The molecule has 0 aromatic carbocycles. The van der Waals surface area contributed by atoms with Crippen LogP contribution in [0.15, 0.2) is 0 Å². The van der Waals surface area contributed by atoms with Gasteiger partial charge in [-0.3, -0.25) is 4.79 Å². The average molecular weight is 220 g/mol. The Morgan fingerprint density at radius 3 is 2.40 bits per heavy atom. The molecular formula is C8H10F2N2O3. The van der Waals surface area contributed by atoms with E-state index in [0.29, 0.717) is 0 Å². The molecule has 84 valence electrons. The Morgan fingerprint density at radius 1 is 1.60 bits per heavy atom. The molecule has 0 aromatic rings. The molecule has 0 saturated carbocycles. The molecule has 0 aliphatic heterocycles. The number of hydrogen-bond acceptors (Lipinski definition) is 3. The molecule has 0 aliphatic rings. The van der Waals surface area contributed by atoms with Crippen molar-refractivity contribution < 1.29 is 23.5 Å². The first kappa shape index (κ1) is 13.3. The monoisotopic (exact) mass is 220 g/mol. The molecule has 0 aliphatic carbocycles. The third-order valence-corrected chi connectivity index (χ3v) is 1.78. The van der Waals surface area contributed by atoms with Crippen molar-refractivity contribution in [1.29, 1.82) is 5.26 Å². The number of aliphatic carboxylic acids is 1. The van der Waals surface area contributed by atoms with Gasteiger partial charge in [0.1, 0.15) is 0 Å². The maximum absolute atomic E-state index is 12.6. The third-order valence-electron chi connectivity index (χ3n) is 1.78. The molecule has 0 heterocycles. The number of nitriles is 1. The third kappa shape index (κ3) is 3.16. The predicted octanol–water partition coefficient (Wildman–Crippen LogP) is 0.515. The Hall–Kier alpha value is -1.71. The van der Waals surface area contributed by atoms with Crippen molar-refractivity contribution in [3.05, 3.63) is 0 Å². The topological polar surface area (TPSA) is 90.2 Å². The van der Waals surface area contributed by atoms with Gasteiger partial charge in [0, 0.05) is 13.3 Å². The molecule has 0 saturated heterocycles. The zero-order valence-electron chi connectivity index (χ0n) is 7.96. The molecule has 1 amide bonds. The van der Waals surface area contributed by atoms with Crippen molar-refractivity contribution in [2.24, 2.45) is 0 Å². The van der Waals surface area contributed by atoms with Crippen molar-refractivity contribution in [2.75, 3.05) is 0 Å². The normalized spacial score (nSPS) is 14.1. The van der Waals surface area contributed by atoms with Gasteiger partial charge in [-0.15, -0.1) is 0 Å². The lowest BCUT2D eigenvalue weighted by atomic mass is 9.94. The Morgan fingerprint density at radius 2 is 2.13 bits per heavy atom. The van der Waals surface area contributed by atoms with Crippen LogP contribution in [0.5, 0.6) is 0 Å². The van der Waals surface area contributed by atoms with Crippen molar-refractivity contribution in [2.45, 2.75) is 31.7 Å². The number of nitrogens with one attached hydrogen (secondary N) is 1. The van der Waals surface area contributed by atoms with E-state index in [9.17, 15) is 18.4 Å². The fraction of sp³-hybridized carbons (Fsp3) is 0.625. The summed E-state index contributed by atoms with van der Waals surface area (Å²) in [5.41, 5.74) is -2.67. The minimum atomic E-state index is -3.27. The second-order valence-corrected chi connectivity index (χ2v) is 2.92. The van der Waals surface area contributed by atoms with E-state index < -0.39 is 30.3 Å². The van der Waals surface area contributed by atoms with Crippen LogP contribution in [0, 0.1) is 11.3 Å². The summed E-state index contributed by atoms with van der Waals surface area (Å²) in [6.07, 6.45) is -4.28. The van der Waals surface area contributed by atoms with Crippen LogP contribution in [0.4, 0.5) is 8.78 Å². The highest BCUT2D eigenvalue weighted by Crippen LogP contribution is 2.22. The largest absolute Gasteiger partial charge is 0.479 e. The summed E-state index contributed by atoms with van der Waals surface area (Å²) in [5, 5.41) is 18.6.